The quantitative estimate of drug-likeness (QED) is 0.872. The average molecular weight is 366 g/mol. The van der Waals surface area contributed by atoms with Crippen LogP contribution in [0.1, 0.15) is 5.76 Å². The summed E-state index contributed by atoms with van der Waals surface area (Å²) in [6, 6.07) is 7.60. The maximum Gasteiger partial charge on any atom is 0.295 e. The third-order valence-corrected chi connectivity index (χ3v) is 4.76. The fraction of sp³-hybridized carbons (Fsp3) is 0.0909. The number of anilines is 1. The highest BCUT2D eigenvalue weighted by atomic mass is 79.9. The van der Waals surface area contributed by atoms with Gasteiger partial charge in [-0.3, -0.25) is 4.72 Å². The maximum absolute atomic E-state index is 12.0. The summed E-state index contributed by atoms with van der Waals surface area (Å²) in [7, 11) is -3.78. The van der Waals surface area contributed by atoms with E-state index in [1.54, 1.807) is 12.1 Å². The molecule has 0 aliphatic carbocycles. The van der Waals surface area contributed by atoms with E-state index in [1.165, 1.54) is 18.2 Å². The van der Waals surface area contributed by atoms with Crippen LogP contribution in [0, 0.1) is 0 Å². The van der Waals surface area contributed by atoms with Crippen molar-refractivity contribution in [3.05, 3.63) is 45.6 Å². The molecule has 0 fully saturated rings. The average Bonchev–Trinajstić information content (AvgIpc) is 2.83. The van der Waals surface area contributed by atoms with Gasteiger partial charge in [-0.15, -0.1) is 0 Å². The molecule has 5 nitrogen and oxygen atoms in total. The summed E-state index contributed by atoms with van der Waals surface area (Å²) >= 11 is 9.12. The van der Waals surface area contributed by atoms with Crippen LogP contribution in [0.15, 0.2) is 44.3 Å². The molecule has 0 atom stereocenters. The minimum Gasteiger partial charge on any atom is -0.446 e. The van der Waals surface area contributed by atoms with E-state index in [4.69, 9.17) is 21.8 Å². The van der Waals surface area contributed by atoms with Gasteiger partial charge in [0.2, 0.25) is 5.09 Å². The second kappa shape index (κ2) is 5.54. The first-order valence-electron chi connectivity index (χ1n) is 5.19. The molecule has 0 amide bonds. The van der Waals surface area contributed by atoms with Gasteiger partial charge in [0.15, 0.2) is 0 Å². The summed E-state index contributed by atoms with van der Waals surface area (Å²) in [5, 5.41) is 0.217. The van der Waals surface area contributed by atoms with Crippen molar-refractivity contribution in [3.63, 3.8) is 0 Å². The van der Waals surface area contributed by atoms with Crippen molar-refractivity contribution in [2.24, 2.45) is 5.73 Å². The molecular weight excluding hydrogens is 356 g/mol. The molecule has 19 heavy (non-hydrogen) atoms. The Morgan fingerprint density at radius 2 is 2.05 bits per heavy atom. The molecule has 8 heteroatoms. The molecule has 1 heterocycles. The number of furan rings is 1. The Balaban J connectivity index is 2.28. The third-order valence-electron chi connectivity index (χ3n) is 2.27. The summed E-state index contributed by atoms with van der Waals surface area (Å²) < 4.78 is 32.2. The van der Waals surface area contributed by atoms with Gasteiger partial charge in [0.25, 0.3) is 10.0 Å². The lowest BCUT2D eigenvalue weighted by Gasteiger charge is -2.06. The molecule has 0 unspecified atom stereocenters. The molecule has 0 saturated carbocycles. The fourth-order valence-corrected chi connectivity index (χ4v) is 2.81. The summed E-state index contributed by atoms with van der Waals surface area (Å²) in [5.74, 6) is 0.397. The van der Waals surface area contributed by atoms with Crippen LogP contribution in [-0.4, -0.2) is 8.42 Å². The van der Waals surface area contributed by atoms with E-state index in [2.05, 4.69) is 20.7 Å². The van der Waals surface area contributed by atoms with Crippen molar-refractivity contribution in [2.45, 2.75) is 11.6 Å². The van der Waals surface area contributed by atoms with E-state index in [-0.39, 0.29) is 11.6 Å². The Kier molecular flexibility index (Phi) is 4.19. The molecule has 1 aromatic heterocycles. The standard InChI is InChI=1S/C11H10BrClN2O3S/c12-9-3-1-7(5-10(9)13)15-19(16,17)11-4-2-8(6-14)18-11/h1-5,15H,6,14H2. The van der Waals surface area contributed by atoms with Crippen molar-refractivity contribution in [3.8, 4) is 0 Å². The number of benzene rings is 1. The van der Waals surface area contributed by atoms with Gasteiger partial charge >= 0.3 is 0 Å². The summed E-state index contributed by atoms with van der Waals surface area (Å²) in [6.45, 7) is 0.139. The molecule has 0 aliphatic rings. The van der Waals surface area contributed by atoms with Crippen LogP contribution in [-0.2, 0) is 16.6 Å². The van der Waals surface area contributed by atoms with Crippen LogP contribution in [0.3, 0.4) is 0 Å². The Morgan fingerprint density at radius 1 is 1.32 bits per heavy atom. The molecule has 3 N–H and O–H groups in total. The first-order chi connectivity index (χ1) is 8.92. The van der Waals surface area contributed by atoms with Gasteiger partial charge in [-0.05, 0) is 46.3 Å². The van der Waals surface area contributed by atoms with Gasteiger partial charge in [-0.1, -0.05) is 11.6 Å². The SMILES string of the molecule is NCc1ccc(S(=O)(=O)Nc2ccc(Br)c(Cl)c2)o1. The van der Waals surface area contributed by atoms with Gasteiger partial charge in [-0.25, -0.2) is 0 Å². The number of hydrogen-bond acceptors (Lipinski definition) is 4. The van der Waals surface area contributed by atoms with Crippen LogP contribution >= 0.6 is 27.5 Å². The van der Waals surface area contributed by atoms with Crippen LogP contribution < -0.4 is 10.5 Å². The molecule has 0 radical (unpaired) electrons. The first-order valence-corrected chi connectivity index (χ1v) is 7.84. The molecule has 2 rings (SSSR count). The van der Waals surface area contributed by atoms with E-state index in [0.29, 0.717) is 20.9 Å². The van der Waals surface area contributed by atoms with Gasteiger partial charge in [0.1, 0.15) is 5.76 Å². The number of nitrogens with two attached hydrogens (primary N) is 1. The van der Waals surface area contributed by atoms with Crippen LogP contribution in [0.4, 0.5) is 5.69 Å². The molecule has 102 valence electrons. The Bertz CT molecular complexity index is 700. The van der Waals surface area contributed by atoms with Gasteiger partial charge in [0, 0.05) is 4.47 Å². The first kappa shape index (κ1) is 14.4. The van der Waals surface area contributed by atoms with Crippen molar-refractivity contribution in [2.75, 3.05) is 4.72 Å². The maximum atomic E-state index is 12.0. The normalized spacial score (nSPS) is 11.5. The van der Waals surface area contributed by atoms with E-state index >= 15 is 0 Å². The smallest absolute Gasteiger partial charge is 0.295 e. The minimum absolute atomic E-state index is 0.139. The zero-order valence-electron chi connectivity index (χ0n) is 9.56. The Morgan fingerprint density at radius 3 is 2.63 bits per heavy atom. The van der Waals surface area contributed by atoms with Crippen molar-refractivity contribution < 1.29 is 12.8 Å². The second-order valence-electron chi connectivity index (χ2n) is 3.66. The molecular formula is C11H10BrClN2O3S. The Hall–Kier alpha value is -1.02. The lowest BCUT2D eigenvalue weighted by atomic mass is 10.3. The molecule has 0 saturated heterocycles. The minimum atomic E-state index is -3.78. The van der Waals surface area contributed by atoms with Crippen LogP contribution in [0.25, 0.3) is 0 Å². The van der Waals surface area contributed by atoms with Crippen molar-refractivity contribution >= 4 is 43.2 Å². The number of nitrogens with one attached hydrogen (secondary N) is 1. The number of sulfonamides is 1. The zero-order chi connectivity index (χ0) is 14.0. The number of hydrogen-bond donors (Lipinski definition) is 2. The lowest BCUT2D eigenvalue weighted by molar-refractivity contribution is 0.417. The van der Waals surface area contributed by atoms with E-state index in [1.807, 2.05) is 0 Å². The lowest BCUT2D eigenvalue weighted by Crippen LogP contribution is -2.12. The molecule has 0 aliphatic heterocycles. The zero-order valence-corrected chi connectivity index (χ0v) is 12.7. The van der Waals surface area contributed by atoms with Crippen LogP contribution in [0.2, 0.25) is 5.02 Å². The molecule has 0 spiro atoms. The third kappa shape index (κ3) is 3.30. The monoisotopic (exact) mass is 364 g/mol. The summed E-state index contributed by atoms with van der Waals surface area (Å²) in [5.41, 5.74) is 5.71. The fourth-order valence-electron chi connectivity index (χ4n) is 1.38. The van der Waals surface area contributed by atoms with Gasteiger partial charge in [-0.2, -0.15) is 8.42 Å². The highest BCUT2D eigenvalue weighted by molar-refractivity contribution is 9.10. The van der Waals surface area contributed by atoms with E-state index < -0.39 is 10.0 Å². The van der Waals surface area contributed by atoms with E-state index in [0.717, 1.165) is 0 Å². The molecule has 2 aromatic rings. The van der Waals surface area contributed by atoms with Crippen molar-refractivity contribution in [1.82, 2.24) is 0 Å². The predicted molar refractivity (Wildman–Crippen MR) is 76.6 cm³/mol. The topological polar surface area (TPSA) is 85.3 Å². The van der Waals surface area contributed by atoms with Gasteiger partial charge in [0.05, 0.1) is 17.3 Å². The van der Waals surface area contributed by atoms with Gasteiger partial charge < -0.3 is 10.2 Å². The van der Waals surface area contributed by atoms with Crippen LogP contribution in [0.5, 0.6) is 0 Å². The number of rotatable bonds is 4. The number of halogens is 2. The second-order valence-corrected chi connectivity index (χ2v) is 6.53. The summed E-state index contributed by atoms with van der Waals surface area (Å²) in [6.07, 6.45) is 0. The largest absolute Gasteiger partial charge is 0.446 e. The molecule has 1 aromatic carbocycles. The van der Waals surface area contributed by atoms with E-state index in [9.17, 15) is 8.42 Å². The summed E-state index contributed by atoms with van der Waals surface area (Å²) in [4.78, 5) is 0. The highest BCUT2D eigenvalue weighted by Crippen LogP contribution is 2.27. The Labute approximate surface area is 123 Å². The molecule has 0 bridgehead atoms. The van der Waals surface area contributed by atoms with Crippen molar-refractivity contribution in [1.29, 1.82) is 0 Å². The predicted octanol–water partition coefficient (Wildman–Crippen LogP) is 2.96. The highest BCUT2D eigenvalue weighted by Gasteiger charge is 2.19.